The molecule has 0 radical (unpaired) electrons. The van der Waals surface area contributed by atoms with Gasteiger partial charge in [-0.1, -0.05) is 0 Å². The molecular formula is C13H20N2O2. The van der Waals surface area contributed by atoms with Crippen molar-refractivity contribution in [1.82, 2.24) is 0 Å². The first-order chi connectivity index (χ1) is 8.01. The van der Waals surface area contributed by atoms with Crippen LogP contribution in [0.15, 0.2) is 12.1 Å². The lowest BCUT2D eigenvalue weighted by Crippen LogP contribution is -2.28. The van der Waals surface area contributed by atoms with Gasteiger partial charge in [-0.25, -0.2) is 0 Å². The highest BCUT2D eigenvalue weighted by Gasteiger charge is 2.13. The molecular weight excluding hydrogens is 216 g/mol. The van der Waals surface area contributed by atoms with Crippen LogP contribution in [-0.4, -0.2) is 26.6 Å². The van der Waals surface area contributed by atoms with Gasteiger partial charge in [0, 0.05) is 25.7 Å². The van der Waals surface area contributed by atoms with Crippen molar-refractivity contribution in [3.8, 4) is 5.75 Å². The number of benzene rings is 1. The molecule has 2 N–H and O–H groups in total. The van der Waals surface area contributed by atoms with E-state index in [0.29, 0.717) is 13.0 Å². The molecule has 0 aromatic heterocycles. The zero-order valence-corrected chi connectivity index (χ0v) is 10.9. The highest BCUT2D eigenvalue weighted by molar-refractivity contribution is 5.93. The summed E-state index contributed by atoms with van der Waals surface area (Å²) in [5.41, 5.74) is 8.30. The number of aryl methyl sites for hydroxylation is 2. The summed E-state index contributed by atoms with van der Waals surface area (Å²) in [5, 5.41) is 0. The summed E-state index contributed by atoms with van der Waals surface area (Å²) < 4.78 is 5.30. The predicted molar refractivity (Wildman–Crippen MR) is 69.5 cm³/mol. The normalized spacial score (nSPS) is 10.2. The van der Waals surface area contributed by atoms with E-state index in [1.165, 1.54) is 0 Å². The van der Waals surface area contributed by atoms with Gasteiger partial charge in [-0.2, -0.15) is 0 Å². The van der Waals surface area contributed by atoms with Crippen molar-refractivity contribution in [3.05, 3.63) is 23.3 Å². The molecule has 0 spiro atoms. The molecule has 0 heterocycles. The monoisotopic (exact) mass is 236 g/mol. The lowest BCUT2D eigenvalue weighted by Gasteiger charge is -2.19. The molecule has 4 heteroatoms. The van der Waals surface area contributed by atoms with Crippen molar-refractivity contribution in [2.24, 2.45) is 5.73 Å². The number of anilines is 1. The fourth-order valence-electron chi connectivity index (χ4n) is 1.88. The Bertz CT molecular complexity index is 393. The second kappa shape index (κ2) is 5.68. The molecule has 0 atom stereocenters. The van der Waals surface area contributed by atoms with E-state index in [9.17, 15) is 4.79 Å². The van der Waals surface area contributed by atoms with Crippen molar-refractivity contribution >= 4 is 11.6 Å². The maximum absolute atomic E-state index is 11.7. The van der Waals surface area contributed by atoms with Crippen molar-refractivity contribution in [3.63, 3.8) is 0 Å². The van der Waals surface area contributed by atoms with Crippen LogP contribution in [0.25, 0.3) is 0 Å². The predicted octanol–water partition coefficient (Wildman–Crippen LogP) is 1.62. The summed E-state index contributed by atoms with van der Waals surface area (Å²) in [6.07, 6.45) is 0.362. The molecule has 0 aliphatic heterocycles. The molecule has 0 unspecified atom stereocenters. The maximum atomic E-state index is 11.7. The zero-order chi connectivity index (χ0) is 13.0. The van der Waals surface area contributed by atoms with Crippen molar-refractivity contribution < 1.29 is 9.53 Å². The molecule has 1 aromatic carbocycles. The minimum absolute atomic E-state index is 0.0245. The van der Waals surface area contributed by atoms with Crippen LogP contribution in [0, 0.1) is 13.8 Å². The van der Waals surface area contributed by atoms with Crippen molar-refractivity contribution in [2.45, 2.75) is 20.3 Å². The van der Waals surface area contributed by atoms with Crippen LogP contribution in [-0.2, 0) is 4.79 Å². The van der Waals surface area contributed by atoms with Crippen molar-refractivity contribution in [1.29, 1.82) is 0 Å². The Morgan fingerprint density at radius 2 is 1.88 bits per heavy atom. The molecule has 94 valence electrons. The van der Waals surface area contributed by atoms with Crippen molar-refractivity contribution in [2.75, 3.05) is 25.6 Å². The van der Waals surface area contributed by atoms with E-state index in [4.69, 9.17) is 10.5 Å². The van der Waals surface area contributed by atoms with E-state index in [2.05, 4.69) is 0 Å². The third-order valence-electron chi connectivity index (χ3n) is 2.77. The Kier molecular flexibility index (Phi) is 4.52. The highest BCUT2D eigenvalue weighted by Crippen LogP contribution is 2.28. The smallest absolute Gasteiger partial charge is 0.227 e. The number of hydrogen-bond acceptors (Lipinski definition) is 3. The van der Waals surface area contributed by atoms with Crippen LogP contribution in [0.4, 0.5) is 5.69 Å². The minimum atomic E-state index is 0.0245. The van der Waals surface area contributed by atoms with Gasteiger partial charge in [0.25, 0.3) is 0 Å². The largest absolute Gasteiger partial charge is 0.496 e. The summed E-state index contributed by atoms with van der Waals surface area (Å²) >= 11 is 0. The molecule has 4 nitrogen and oxygen atoms in total. The SMILES string of the molecule is COc1c(C)cc(N(C)C(=O)CCN)cc1C. The quantitative estimate of drug-likeness (QED) is 0.864. The van der Waals surface area contributed by atoms with E-state index >= 15 is 0 Å². The second-order valence-corrected chi connectivity index (χ2v) is 4.10. The summed E-state index contributed by atoms with van der Waals surface area (Å²) in [6, 6.07) is 3.89. The van der Waals surface area contributed by atoms with E-state index in [-0.39, 0.29) is 5.91 Å². The summed E-state index contributed by atoms with van der Waals surface area (Å²) in [4.78, 5) is 13.4. The van der Waals surface area contributed by atoms with Crippen LogP contribution in [0.1, 0.15) is 17.5 Å². The number of nitrogens with zero attached hydrogens (tertiary/aromatic N) is 1. The van der Waals surface area contributed by atoms with E-state index in [1.54, 1.807) is 19.1 Å². The third kappa shape index (κ3) is 2.97. The average molecular weight is 236 g/mol. The Morgan fingerprint density at radius 1 is 1.35 bits per heavy atom. The van der Waals surface area contributed by atoms with E-state index in [0.717, 1.165) is 22.6 Å². The number of carbonyl (C=O) groups is 1. The van der Waals surface area contributed by atoms with Gasteiger partial charge < -0.3 is 15.4 Å². The lowest BCUT2D eigenvalue weighted by atomic mass is 10.1. The second-order valence-electron chi connectivity index (χ2n) is 4.10. The Labute approximate surface area is 102 Å². The number of nitrogens with two attached hydrogens (primary N) is 1. The Morgan fingerprint density at radius 3 is 2.29 bits per heavy atom. The number of methoxy groups -OCH3 is 1. The summed E-state index contributed by atoms with van der Waals surface area (Å²) in [7, 11) is 3.41. The number of ether oxygens (including phenoxy) is 1. The van der Waals surface area contributed by atoms with Gasteiger partial charge in [0.05, 0.1) is 7.11 Å². The molecule has 0 saturated carbocycles. The van der Waals surface area contributed by atoms with Gasteiger partial charge in [-0.3, -0.25) is 4.79 Å². The number of carbonyl (C=O) groups excluding carboxylic acids is 1. The topological polar surface area (TPSA) is 55.6 Å². The molecule has 1 aromatic rings. The van der Waals surface area contributed by atoms with E-state index in [1.807, 2.05) is 26.0 Å². The first-order valence-electron chi connectivity index (χ1n) is 5.63. The molecule has 0 aliphatic rings. The van der Waals surface area contributed by atoms with Crippen LogP contribution >= 0.6 is 0 Å². The summed E-state index contributed by atoms with van der Waals surface area (Å²) in [5.74, 6) is 0.893. The molecule has 0 saturated heterocycles. The Hall–Kier alpha value is -1.55. The average Bonchev–Trinajstić information content (AvgIpc) is 2.27. The van der Waals surface area contributed by atoms with Gasteiger partial charge in [-0.15, -0.1) is 0 Å². The van der Waals surface area contributed by atoms with Gasteiger partial charge in [0.15, 0.2) is 0 Å². The minimum Gasteiger partial charge on any atom is -0.496 e. The molecule has 1 rings (SSSR count). The number of amides is 1. The van der Waals surface area contributed by atoms with Crippen LogP contribution in [0.5, 0.6) is 5.75 Å². The fourth-order valence-corrected chi connectivity index (χ4v) is 1.88. The number of hydrogen-bond donors (Lipinski definition) is 1. The van der Waals surface area contributed by atoms with Crippen LogP contribution in [0.3, 0.4) is 0 Å². The van der Waals surface area contributed by atoms with Crippen LogP contribution < -0.4 is 15.4 Å². The van der Waals surface area contributed by atoms with Crippen LogP contribution in [0.2, 0.25) is 0 Å². The first kappa shape index (κ1) is 13.5. The molecule has 17 heavy (non-hydrogen) atoms. The standard InChI is InChI=1S/C13H20N2O2/c1-9-7-11(8-10(2)13(9)17-4)15(3)12(16)5-6-14/h7-8H,5-6,14H2,1-4H3. The van der Waals surface area contributed by atoms with Gasteiger partial charge in [0.1, 0.15) is 5.75 Å². The molecule has 0 fully saturated rings. The molecule has 0 aliphatic carbocycles. The highest BCUT2D eigenvalue weighted by atomic mass is 16.5. The number of rotatable bonds is 4. The van der Waals surface area contributed by atoms with E-state index < -0.39 is 0 Å². The van der Waals surface area contributed by atoms with Gasteiger partial charge in [0.2, 0.25) is 5.91 Å². The maximum Gasteiger partial charge on any atom is 0.227 e. The lowest BCUT2D eigenvalue weighted by molar-refractivity contribution is -0.118. The zero-order valence-electron chi connectivity index (χ0n) is 10.9. The summed E-state index contributed by atoms with van der Waals surface area (Å²) in [6.45, 7) is 4.31. The first-order valence-corrected chi connectivity index (χ1v) is 5.63. The van der Waals surface area contributed by atoms with Gasteiger partial charge in [-0.05, 0) is 37.1 Å². The molecule has 0 bridgehead atoms. The third-order valence-corrected chi connectivity index (χ3v) is 2.77. The Balaban J connectivity index is 3.04. The fraction of sp³-hybridized carbons (Fsp3) is 0.462. The van der Waals surface area contributed by atoms with Gasteiger partial charge >= 0.3 is 0 Å². The molecule has 1 amide bonds.